The van der Waals surface area contributed by atoms with Crippen LogP contribution in [0.1, 0.15) is 11.1 Å². The third kappa shape index (κ3) is 2.48. The van der Waals surface area contributed by atoms with Crippen molar-refractivity contribution in [1.29, 1.82) is 0 Å². The zero-order valence-corrected chi connectivity index (χ0v) is 11.1. The van der Waals surface area contributed by atoms with Crippen LogP contribution in [0, 0.1) is 0 Å². The van der Waals surface area contributed by atoms with Crippen molar-refractivity contribution in [2.24, 2.45) is 5.84 Å². The fourth-order valence-electron chi connectivity index (χ4n) is 2.42. The van der Waals surface area contributed by atoms with E-state index in [1.165, 1.54) is 18.2 Å². The van der Waals surface area contributed by atoms with E-state index in [1.54, 1.807) is 0 Å². The molecule has 20 heavy (non-hydrogen) atoms. The minimum atomic E-state index is 0.228. The maximum absolute atomic E-state index is 5.33. The summed E-state index contributed by atoms with van der Waals surface area (Å²) >= 11 is 0. The number of methoxy groups -OCH3 is 1. The van der Waals surface area contributed by atoms with Gasteiger partial charge in [0.25, 0.3) is 0 Å². The minimum absolute atomic E-state index is 0.228. The van der Waals surface area contributed by atoms with E-state index in [0.29, 0.717) is 5.95 Å². The molecular formula is C13H16N6O. The van der Waals surface area contributed by atoms with Crippen LogP contribution in [-0.2, 0) is 12.8 Å². The Morgan fingerprint density at radius 2 is 1.75 bits per heavy atom. The van der Waals surface area contributed by atoms with Crippen molar-refractivity contribution >= 4 is 11.9 Å². The van der Waals surface area contributed by atoms with E-state index in [-0.39, 0.29) is 18.0 Å². The zero-order chi connectivity index (χ0) is 13.9. The Labute approximate surface area is 116 Å². The van der Waals surface area contributed by atoms with Gasteiger partial charge in [0.1, 0.15) is 0 Å². The largest absolute Gasteiger partial charge is 0.467 e. The summed E-state index contributed by atoms with van der Waals surface area (Å²) in [5, 5.41) is 3.30. The van der Waals surface area contributed by atoms with Gasteiger partial charge in [0.2, 0.25) is 11.9 Å². The number of nitrogens with one attached hydrogen (secondary N) is 2. The summed E-state index contributed by atoms with van der Waals surface area (Å²) in [7, 11) is 1.50. The molecule has 0 saturated carbocycles. The van der Waals surface area contributed by atoms with Crippen LogP contribution in [-0.4, -0.2) is 28.1 Å². The van der Waals surface area contributed by atoms with Gasteiger partial charge in [-0.05, 0) is 24.0 Å². The smallest absolute Gasteiger partial charge is 0.322 e. The summed E-state index contributed by atoms with van der Waals surface area (Å²) in [5.74, 6) is 6.07. The highest BCUT2D eigenvalue weighted by molar-refractivity contribution is 5.40. The first-order valence-corrected chi connectivity index (χ1v) is 6.38. The van der Waals surface area contributed by atoms with Crippen molar-refractivity contribution in [3.8, 4) is 6.01 Å². The van der Waals surface area contributed by atoms with E-state index >= 15 is 0 Å². The number of aromatic nitrogens is 3. The van der Waals surface area contributed by atoms with Crippen molar-refractivity contribution in [2.45, 2.75) is 18.9 Å². The third-order valence-electron chi connectivity index (χ3n) is 3.31. The molecule has 0 saturated heterocycles. The average Bonchev–Trinajstić information content (AvgIpc) is 2.88. The summed E-state index contributed by atoms with van der Waals surface area (Å²) in [5.41, 5.74) is 5.13. The molecule has 1 aromatic heterocycles. The van der Waals surface area contributed by atoms with Crippen molar-refractivity contribution in [3.63, 3.8) is 0 Å². The molecule has 0 atom stereocenters. The van der Waals surface area contributed by atoms with E-state index in [1.807, 2.05) is 0 Å². The summed E-state index contributed by atoms with van der Waals surface area (Å²) < 4.78 is 5.03. The molecular weight excluding hydrogens is 256 g/mol. The van der Waals surface area contributed by atoms with Crippen LogP contribution in [0.3, 0.4) is 0 Å². The Morgan fingerprint density at radius 3 is 2.35 bits per heavy atom. The number of ether oxygens (including phenoxy) is 1. The first-order valence-electron chi connectivity index (χ1n) is 6.38. The van der Waals surface area contributed by atoms with E-state index in [0.717, 1.165) is 12.8 Å². The molecule has 0 amide bonds. The molecule has 0 bridgehead atoms. The van der Waals surface area contributed by atoms with Crippen molar-refractivity contribution < 1.29 is 4.74 Å². The molecule has 7 nitrogen and oxygen atoms in total. The molecule has 0 aliphatic heterocycles. The van der Waals surface area contributed by atoms with Crippen LogP contribution in [0.15, 0.2) is 24.3 Å². The van der Waals surface area contributed by atoms with Gasteiger partial charge in [-0.3, -0.25) is 5.43 Å². The van der Waals surface area contributed by atoms with Gasteiger partial charge in [-0.15, -0.1) is 0 Å². The van der Waals surface area contributed by atoms with Gasteiger partial charge in [-0.1, -0.05) is 24.3 Å². The maximum Gasteiger partial charge on any atom is 0.322 e. The molecule has 1 aliphatic rings. The lowest BCUT2D eigenvalue weighted by atomic mass is 10.1. The fourth-order valence-corrected chi connectivity index (χ4v) is 2.42. The highest BCUT2D eigenvalue weighted by Crippen LogP contribution is 2.24. The summed E-state index contributed by atoms with van der Waals surface area (Å²) in [4.78, 5) is 12.3. The summed E-state index contributed by atoms with van der Waals surface area (Å²) in [6.45, 7) is 0. The molecule has 3 rings (SSSR count). The van der Waals surface area contributed by atoms with Gasteiger partial charge in [-0.2, -0.15) is 15.0 Å². The van der Waals surface area contributed by atoms with Crippen LogP contribution in [0.4, 0.5) is 11.9 Å². The first kappa shape index (κ1) is 12.6. The van der Waals surface area contributed by atoms with Crippen LogP contribution in [0.2, 0.25) is 0 Å². The van der Waals surface area contributed by atoms with Crippen LogP contribution in [0.25, 0.3) is 0 Å². The Morgan fingerprint density at radius 1 is 1.10 bits per heavy atom. The number of fused-ring (bicyclic) bond motifs is 1. The molecule has 0 radical (unpaired) electrons. The van der Waals surface area contributed by atoms with Gasteiger partial charge in [0.15, 0.2) is 0 Å². The lowest BCUT2D eigenvalue weighted by molar-refractivity contribution is 0.379. The molecule has 2 aromatic rings. The SMILES string of the molecule is COc1nc(NN)nc(NC2Cc3ccccc3C2)n1. The predicted octanol–water partition coefficient (Wildman–Crippen LogP) is 0.745. The molecule has 0 fully saturated rings. The second-order valence-electron chi connectivity index (χ2n) is 4.63. The number of nitrogens with two attached hydrogens (primary N) is 1. The first-order chi connectivity index (χ1) is 9.78. The number of rotatable bonds is 4. The number of hydrogen-bond acceptors (Lipinski definition) is 7. The average molecular weight is 272 g/mol. The Bertz CT molecular complexity index is 570. The predicted molar refractivity (Wildman–Crippen MR) is 75.4 cm³/mol. The minimum Gasteiger partial charge on any atom is -0.467 e. The summed E-state index contributed by atoms with van der Waals surface area (Å²) in [6, 6.07) is 8.92. The monoisotopic (exact) mass is 272 g/mol. The molecule has 7 heteroatoms. The quantitative estimate of drug-likeness (QED) is 0.558. The highest BCUT2D eigenvalue weighted by Gasteiger charge is 2.21. The second-order valence-corrected chi connectivity index (χ2v) is 4.63. The Balaban J connectivity index is 1.76. The van der Waals surface area contributed by atoms with Crippen LogP contribution in [0.5, 0.6) is 6.01 Å². The van der Waals surface area contributed by atoms with Gasteiger partial charge in [0.05, 0.1) is 7.11 Å². The number of benzene rings is 1. The van der Waals surface area contributed by atoms with Gasteiger partial charge < -0.3 is 10.1 Å². The van der Waals surface area contributed by atoms with Gasteiger partial charge >= 0.3 is 6.01 Å². The fraction of sp³-hybridized carbons (Fsp3) is 0.308. The van der Waals surface area contributed by atoms with E-state index < -0.39 is 0 Å². The number of nitrogens with zero attached hydrogens (tertiary/aromatic N) is 3. The summed E-state index contributed by atoms with van der Waals surface area (Å²) in [6.07, 6.45) is 1.91. The maximum atomic E-state index is 5.33. The van der Waals surface area contributed by atoms with Crippen LogP contribution >= 0.6 is 0 Å². The Hall–Kier alpha value is -2.41. The number of hydrazine groups is 1. The van der Waals surface area contributed by atoms with Crippen LogP contribution < -0.4 is 21.3 Å². The molecule has 1 aliphatic carbocycles. The van der Waals surface area contributed by atoms with Crippen molar-refractivity contribution in [3.05, 3.63) is 35.4 Å². The van der Waals surface area contributed by atoms with Crippen molar-refractivity contribution in [2.75, 3.05) is 17.9 Å². The van der Waals surface area contributed by atoms with E-state index in [4.69, 9.17) is 10.6 Å². The molecule has 0 unspecified atom stereocenters. The number of nitrogen functional groups attached to an aromatic ring is 1. The molecule has 1 heterocycles. The molecule has 104 valence electrons. The van der Waals surface area contributed by atoms with E-state index in [9.17, 15) is 0 Å². The normalized spacial score (nSPS) is 13.9. The van der Waals surface area contributed by atoms with E-state index in [2.05, 4.69) is 50.0 Å². The van der Waals surface area contributed by atoms with Gasteiger partial charge in [-0.25, -0.2) is 5.84 Å². The molecule has 0 spiro atoms. The second kappa shape index (κ2) is 5.30. The Kier molecular flexibility index (Phi) is 3.34. The number of anilines is 2. The standard InChI is InChI=1S/C13H16N6O/c1-20-13-17-11(16-12(18-13)19-14)15-10-6-8-4-2-3-5-9(8)7-10/h2-5,10H,6-7,14H2,1H3,(H2,15,16,17,18,19). The topological polar surface area (TPSA) is 98.0 Å². The number of hydrogen-bond donors (Lipinski definition) is 3. The highest BCUT2D eigenvalue weighted by atomic mass is 16.5. The third-order valence-corrected chi connectivity index (χ3v) is 3.31. The van der Waals surface area contributed by atoms with Crippen molar-refractivity contribution in [1.82, 2.24) is 15.0 Å². The molecule has 4 N–H and O–H groups in total. The lowest BCUT2D eigenvalue weighted by Gasteiger charge is -2.12. The van der Waals surface area contributed by atoms with Gasteiger partial charge in [0, 0.05) is 6.04 Å². The zero-order valence-electron chi connectivity index (χ0n) is 11.1. The lowest BCUT2D eigenvalue weighted by Crippen LogP contribution is -2.22. The molecule has 1 aromatic carbocycles.